The number of carbonyl (C=O) groups is 1. The van der Waals surface area contributed by atoms with E-state index in [4.69, 9.17) is 5.11 Å². The van der Waals surface area contributed by atoms with E-state index in [0.717, 1.165) is 37.9 Å². The molecular formula is C16H21FN2O2. The lowest BCUT2D eigenvalue weighted by Crippen LogP contribution is -2.51. The van der Waals surface area contributed by atoms with Gasteiger partial charge in [-0.15, -0.1) is 0 Å². The molecule has 114 valence electrons. The van der Waals surface area contributed by atoms with Crippen LogP contribution < -0.4 is 4.90 Å². The first kappa shape index (κ1) is 15.5. The number of rotatable bonds is 4. The SMILES string of the molecule is CCN1CCN(c2cc(F)cc(/C=C/C(=O)O)c2)CC1C. The number of carboxylic acid groups (broad SMARTS) is 1. The number of benzene rings is 1. The maximum absolute atomic E-state index is 13.7. The van der Waals surface area contributed by atoms with Gasteiger partial charge in [0.05, 0.1) is 0 Å². The minimum Gasteiger partial charge on any atom is -0.478 e. The molecule has 1 atom stereocenters. The zero-order valence-corrected chi connectivity index (χ0v) is 12.4. The summed E-state index contributed by atoms with van der Waals surface area (Å²) in [6.45, 7) is 7.98. The first-order valence-electron chi connectivity index (χ1n) is 7.20. The van der Waals surface area contributed by atoms with Crippen LogP contribution in [0.25, 0.3) is 6.08 Å². The molecule has 0 amide bonds. The number of hydrogen-bond donors (Lipinski definition) is 1. The standard InChI is InChI=1S/C16H21FN2O2/c1-3-18-6-7-19(11-12(18)2)15-9-13(4-5-16(20)21)8-14(17)10-15/h4-5,8-10,12H,3,6-7,11H2,1-2H3,(H,20,21)/b5-4+. The lowest BCUT2D eigenvalue weighted by molar-refractivity contribution is -0.131. The van der Waals surface area contributed by atoms with Crippen molar-refractivity contribution >= 4 is 17.7 Å². The highest BCUT2D eigenvalue weighted by molar-refractivity contribution is 5.85. The van der Waals surface area contributed by atoms with Gasteiger partial charge in [-0.2, -0.15) is 0 Å². The van der Waals surface area contributed by atoms with Crippen molar-refractivity contribution in [2.75, 3.05) is 31.1 Å². The van der Waals surface area contributed by atoms with Crippen LogP contribution in [0.5, 0.6) is 0 Å². The molecule has 1 N–H and O–H groups in total. The molecule has 2 rings (SSSR count). The van der Waals surface area contributed by atoms with Crippen LogP contribution in [0.15, 0.2) is 24.3 Å². The van der Waals surface area contributed by atoms with Crippen LogP contribution >= 0.6 is 0 Å². The number of piperazine rings is 1. The van der Waals surface area contributed by atoms with Gasteiger partial charge in [-0.05, 0) is 43.3 Å². The van der Waals surface area contributed by atoms with Crippen molar-refractivity contribution < 1.29 is 14.3 Å². The fourth-order valence-electron chi connectivity index (χ4n) is 2.74. The largest absolute Gasteiger partial charge is 0.478 e. The van der Waals surface area contributed by atoms with Crippen molar-refractivity contribution in [3.63, 3.8) is 0 Å². The normalized spacial score (nSPS) is 20.1. The predicted molar refractivity (Wildman–Crippen MR) is 82.0 cm³/mol. The maximum atomic E-state index is 13.7. The number of hydrogen-bond acceptors (Lipinski definition) is 3. The smallest absolute Gasteiger partial charge is 0.328 e. The lowest BCUT2D eigenvalue weighted by Gasteiger charge is -2.40. The molecule has 5 heteroatoms. The average Bonchev–Trinajstić information content (AvgIpc) is 2.44. The number of aliphatic carboxylic acids is 1. The Bertz CT molecular complexity index is 545. The van der Waals surface area contributed by atoms with Gasteiger partial charge in [0.2, 0.25) is 0 Å². The van der Waals surface area contributed by atoms with E-state index in [1.165, 1.54) is 18.2 Å². The van der Waals surface area contributed by atoms with Crippen LogP contribution in [0.4, 0.5) is 10.1 Å². The molecule has 0 aliphatic carbocycles. The summed E-state index contributed by atoms with van der Waals surface area (Å²) in [4.78, 5) is 15.1. The summed E-state index contributed by atoms with van der Waals surface area (Å²) in [5, 5.41) is 8.66. The molecule has 1 aliphatic rings. The predicted octanol–water partition coefficient (Wildman–Crippen LogP) is 2.45. The first-order chi connectivity index (χ1) is 9.99. The Morgan fingerprint density at radius 2 is 2.19 bits per heavy atom. The zero-order valence-electron chi connectivity index (χ0n) is 12.4. The van der Waals surface area contributed by atoms with E-state index in [0.29, 0.717) is 11.6 Å². The molecule has 1 heterocycles. The molecule has 1 aromatic rings. The van der Waals surface area contributed by atoms with Crippen LogP contribution in [0.2, 0.25) is 0 Å². The second-order valence-electron chi connectivity index (χ2n) is 5.34. The van der Waals surface area contributed by atoms with Crippen LogP contribution in [-0.4, -0.2) is 48.2 Å². The minimum absolute atomic E-state index is 0.344. The van der Waals surface area contributed by atoms with E-state index in [9.17, 15) is 9.18 Å². The van der Waals surface area contributed by atoms with E-state index in [-0.39, 0.29) is 5.82 Å². The van der Waals surface area contributed by atoms with E-state index < -0.39 is 5.97 Å². The Kier molecular flexibility index (Phi) is 4.96. The molecule has 1 aromatic carbocycles. The van der Waals surface area contributed by atoms with Crippen molar-refractivity contribution in [3.05, 3.63) is 35.7 Å². The topological polar surface area (TPSA) is 43.8 Å². The highest BCUT2D eigenvalue weighted by Gasteiger charge is 2.22. The Labute approximate surface area is 124 Å². The molecule has 0 bridgehead atoms. The number of anilines is 1. The zero-order chi connectivity index (χ0) is 15.4. The van der Waals surface area contributed by atoms with Gasteiger partial charge in [0.15, 0.2) is 0 Å². The molecule has 0 aromatic heterocycles. The van der Waals surface area contributed by atoms with E-state index in [1.807, 2.05) is 6.07 Å². The quantitative estimate of drug-likeness (QED) is 0.866. The molecule has 0 spiro atoms. The summed E-state index contributed by atoms with van der Waals surface area (Å²) in [6.07, 6.45) is 2.44. The summed E-state index contributed by atoms with van der Waals surface area (Å²) < 4.78 is 13.7. The summed E-state index contributed by atoms with van der Waals surface area (Å²) in [7, 11) is 0. The Hall–Kier alpha value is -1.88. The maximum Gasteiger partial charge on any atom is 0.328 e. The molecule has 21 heavy (non-hydrogen) atoms. The fraction of sp³-hybridized carbons (Fsp3) is 0.438. The van der Waals surface area contributed by atoms with Gasteiger partial charge in [0.25, 0.3) is 0 Å². The third-order valence-electron chi connectivity index (χ3n) is 3.86. The summed E-state index contributed by atoms with van der Waals surface area (Å²) in [6, 6.07) is 5.10. The van der Waals surface area contributed by atoms with Gasteiger partial charge in [-0.1, -0.05) is 6.92 Å². The van der Waals surface area contributed by atoms with Crippen LogP contribution in [0.1, 0.15) is 19.4 Å². The molecule has 0 radical (unpaired) electrons. The van der Waals surface area contributed by atoms with E-state index in [2.05, 4.69) is 23.6 Å². The summed E-state index contributed by atoms with van der Waals surface area (Å²) in [5.41, 5.74) is 1.38. The number of likely N-dealkylation sites (N-methyl/N-ethyl adjacent to an activating group) is 1. The number of carboxylic acids is 1. The Balaban J connectivity index is 2.18. The summed E-state index contributed by atoms with van der Waals surface area (Å²) in [5.74, 6) is -1.38. The van der Waals surface area contributed by atoms with Gasteiger partial charge in [-0.25, -0.2) is 9.18 Å². The van der Waals surface area contributed by atoms with Crippen molar-refractivity contribution in [1.29, 1.82) is 0 Å². The van der Waals surface area contributed by atoms with Crippen molar-refractivity contribution in [1.82, 2.24) is 4.90 Å². The van der Waals surface area contributed by atoms with Crippen molar-refractivity contribution in [3.8, 4) is 0 Å². The number of halogens is 1. The summed E-state index contributed by atoms with van der Waals surface area (Å²) >= 11 is 0. The molecule has 4 nitrogen and oxygen atoms in total. The first-order valence-corrected chi connectivity index (χ1v) is 7.20. The van der Waals surface area contributed by atoms with E-state index in [1.54, 1.807) is 0 Å². The van der Waals surface area contributed by atoms with Gasteiger partial charge in [0, 0.05) is 37.4 Å². The van der Waals surface area contributed by atoms with Gasteiger partial charge in [0.1, 0.15) is 5.82 Å². The molecule has 1 fully saturated rings. The third kappa shape index (κ3) is 4.04. The lowest BCUT2D eigenvalue weighted by atomic mass is 10.1. The van der Waals surface area contributed by atoms with Gasteiger partial charge in [-0.3, -0.25) is 4.90 Å². The Morgan fingerprint density at radius 3 is 2.81 bits per heavy atom. The molecule has 1 aliphatic heterocycles. The van der Waals surface area contributed by atoms with Crippen LogP contribution in [0.3, 0.4) is 0 Å². The monoisotopic (exact) mass is 292 g/mol. The second kappa shape index (κ2) is 6.72. The van der Waals surface area contributed by atoms with Crippen molar-refractivity contribution in [2.24, 2.45) is 0 Å². The van der Waals surface area contributed by atoms with Crippen LogP contribution in [0, 0.1) is 5.82 Å². The average molecular weight is 292 g/mol. The van der Waals surface area contributed by atoms with Crippen molar-refractivity contribution in [2.45, 2.75) is 19.9 Å². The van der Waals surface area contributed by atoms with Crippen LogP contribution in [-0.2, 0) is 4.79 Å². The minimum atomic E-state index is -1.04. The molecular weight excluding hydrogens is 271 g/mol. The van der Waals surface area contributed by atoms with E-state index >= 15 is 0 Å². The third-order valence-corrected chi connectivity index (χ3v) is 3.86. The number of nitrogens with zero attached hydrogens (tertiary/aromatic N) is 2. The molecule has 1 saturated heterocycles. The fourth-order valence-corrected chi connectivity index (χ4v) is 2.74. The van der Waals surface area contributed by atoms with Gasteiger partial charge >= 0.3 is 5.97 Å². The highest BCUT2D eigenvalue weighted by atomic mass is 19.1. The molecule has 0 saturated carbocycles. The Morgan fingerprint density at radius 1 is 1.43 bits per heavy atom. The second-order valence-corrected chi connectivity index (χ2v) is 5.34. The van der Waals surface area contributed by atoms with Gasteiger partial charge < -0.3 is 10.0 Å². The molecule has 1 unspecified atom stereocenters. The highest BCUT2D eigenvalue weighted by Crippen LogP contribution is 2.22.